The Balaban J connectivity index is 2.16. The summed E-state index contributed by atoms with van der Waals surface area (Å²) in [6.45, 7) is 6.84. The average Bonchev–Trinajstić information content (AvgIpc) is 2.14. The molecule has 0 amide bonds. The Hall–Kier alpha value is -0.610. The highest BCUT2D eigenvalue weighted by Crippen LogP contribution is 2.12. The zero-order valence-corrected chi connectivity index (χ0v) is 9.79. The zero-order valence-electron chi connectivity index (χ0n) is 9.79. The third-order valence-electron chi connectivity index (χ3n) is 2.39. The monoisotopic (exact) mass is 215 g/mol. The first-order valence-electron chi connectivity index (χ1n) is 5.62. The minimum absolute atomic E-state index is 0.0343. The molecule has 88 valence electrons. The molecular formula is C11H21NO3. The summed E-state index contributed by atoms with van der Waals surface area (Å²) < 4.78 is 10.5. The van der Waals surface area contributed by atoms with E-state index < -0.39 is 0 Å². The van der Waals surface area contributed by atoms with Crippen molar-refractivity contribution in [2.24, 2.45) is 0 Å². The van der Waals surface area contributed by atoms with Crippen LogP contribution in [0.5, 0.6) is 0 Å². The van der Waals surface area contributed by atoms with Gasteiger partial charge in [0, 0.05) is 12.6 Å². The number of nitrogens with one attached hydrogen (secondary N) is 1. The Bertz CT molecular complexity index is 206. The summed E-state index contributed by atoms with van der Waals surface area (Å²) in [5, 5.41) is 3.20. The van der Waals surface area contributed by atoms with E-state index in [9.17, 15) is 4.79 Å². The molecule has 0 saturated carbocycles. The molecule has 1 N–H and O–H groups in total. The van der Waals surface area contributed by atoms with E-state index in [0.717, 1.165) is 19.4 Å². The summed E-state index contributed by atoms with van der Waals surface area (Å²) in [6.07, 6.45) is 2.19. The van der Waals surface area contributed by atoms with Crippen LogP contribution in [-0.2, 0) is 14.3 Å². The van der Waals surface area contributed by atoms with Crippen molar-refractivity contribution in [1.82, 2.24) is 5.32 Å². The average molecular weight is 215 g/mol. The lowest BCUT2D eigenvalue weighted by Crippen LogP contribution is -2.41. The van der Waals surface area contributed by atoms with Crippen LogP contribution in [-0.4, -0.2) is 37.4 Å². The first kappa shape index (κ1) is 12.5. The molecular weight excluding hydrogens is 194 g/mol. The maximum absolute atomic E-state index is 11.3. The van der Waals surface area contributed by atoms with Gasteiger partial charge in [0.05, 0.1) is 18.8 Å². The second kappa shape index (κ2) is 6.08. The molecule has 0 aromatic carbocycles. The van der Waals surface area contributed by atoms with Crippen LogP contribution in [0.3, 0.4) is 0 Å². The summed E-state index contributed by atoms with van der Waals surface area (Å²) >= 11 is 0. The fourth-order valence-corrected chi connectivity index (χ4v) is 1.72. The molecule has 1 aliphatic heterocycles. The van der Waals surface area contributed by atoms with E-state index in [1.54, 1.807) is 0 Å². The van der Waals surface area contributed by atoms with Gasteiger partial charge in [-0.15, -0.1) is 0 Å². The molecule has 15 heavy (non-hydrogen) atoms. The highest BCUT2D eigenvalue weighted by Gasteiger charge is 2.19. The molecule has 0 radical (unpaired) electrons. The third kappa shape index (κ3) is 5.14. The second-order valence-corrected chi connectivity index (χ2v) is 4.32. The van der Waals surface area contributed by atoms with Crippen molar-refractivity contribution < 1.29 is 14.3 Å². The van der Waals surface area contributed by atoms with Crippen LogP contribution in [0.1, 0.15) is 33.6 Å². The first-order chi connectivity index (χ1) is 7.08. The summed E-state index contributed by atoms with van der Waals surface area (Å²) in [7, 11) is 0. The van der Waals surface area contributed by atoms with Gasteiger partial charge in [0.2, 0.25) is 0 Å². The van der Waals surface area contributed by atoms with Crippen molar-refractivity contribution in [2.75, 3.05) is 13.2 Å². The van der Waals surface area contributed by atoms with Crippen LogP contribution in [0.2, 0.25) is 0 Å². The Morgan fingerprint density at radius 2 is 2.33 bits per heavy atom. The minimum Gasteiger partial charge on any atom is -0.462 e. The van der Waals surface area contributed by atoms with Crippen molar-refractivity contribution in [1.29, 1.82) is 0 Å². The van der Waals surface area contributed by atoms with Gasteiger partial charge >= 0.3 is 5.97 Å². The molecule has 4 heteroatoms. The molecule has 1 saturated heterocycles. The molecule has 2 atom stereocenters. The highest BCUT2D eigenvalue weighted by atomic mass is 16.5. The van der Waals surface area contributed by atoms with E-state index in [1.165, 1.54) is 0 Å². The molecule has 0 spiro atoms. The fourth-order valence-electron chi connectivity index (χ4n) is 1.72. The van der Waals surface area contributed by atoms with Gasteiger partial charge < -0.3 is 14.8 Å². The Labute approximate surface area is 91.3 Å². The largest absolute Gasteiger partial charge is 0.462 e. The summed E-state index contributed by atoms with van der Waals surface area (Å²) in [5.41, 5.74) is 0. The number of esters is 1. The smallest absolute Gasteiger partial charge is 0.320 e. The van der Waals surface area contributed by atoms with E-state index in [2.05, 4.69) is 12.2 Å². The van der Waals surface area contributed by atoms with Gasteiger partial charge in [-0.05, 0) is 33.6 Å². The maximum atomic E-state index is 11.3. The van der Waals surface area contributed by atoms with Gasteiger partial charge in [-0.2, -0.15) is 0 Å². The number of rotatable bonds is 4. The Kier molecular flexibility index (Phi) is 5.05. The molecule has 1 aliphatic rings. The number of carbonyl (C=O) groups is 1. The second-order valence-electron chi connectivity index (χ2n) is 4.32. The fraction of sp³-hybridized carbons (Fsp3) is 0.909. The number of ether oxygens (including phenoxy) is 2. The Morgan fingerprint density at radius 1 is 1.60 bits per heavy atom. The minimum atomic E-state index is -0.177. The lowest BCUT2D eigenvalue weighted by molar-refractivity contribution is -0.146. The van der Waals surface area contributed by atoms with E-state index in [0.29, 0.717) is 12.6 Å². The predicted octanol–water partition coefficient (Wildman–Crippen LogP) is 1.10. The molecule has 1 rings (SSSR count). The molecule has 2 unspecified atom stereocenters. The molecule has 0 aromatic heterocycles. The maximum Gasteiger partial charge on any atom is 0.320 e. The lowest BCUT2D eigenvalue weighted by atomic mass is 10.0. The van der Waals surface area contributed by atoms with Crippen molar-refractivity contribution in [2.45, 2.75) is 51.9 Å². The van der Waals surface area contributed by atoms with Gasteiger partial charge in [-0.3, -0.25) is 4.79 Å². The van der Waals surface area contributed by atoms with Crippen LogP contribution in [0.4, 0.5) is 0 Å². The number of carbonyl (C=O) groups excluding carboxylic acids is 1. The third-order valence-corrected chi connectivity index (χ3v) is 2.39. The Morgan fingerprint density at radius 3 is 2.93 bits per heavy atom. The molecule has 1 heterocycles. The van der Waals surface area contributed by atoms with Crippen molar-refractivity contribution in [3.63, 3.8) is 0 Å². The summed E-state index contributed by atoms with van der Waals surface area (Å²) in [6, 6.07) is 0.383. The van der Waals surface area contributed by atoms with Gasteiger partial charge in [0.15, 0.2) is 0 Å². The topological polar surface area (TPSA) is 47.6 Å². The number of hydrogen-bond donors (Lipinski definition) is 1. The molecule has 1 fully saturated rings. The normalized spacial score (nSPS) is 26.7. The highest BCUT2D eigenvalue weighted by molar-refractivity contribution is 5.71. The standard InChI is InChI=1S/C11H21NO3/c1-8(2)15-11(13)7-12-10-4-5-14-9(3)6-10/h8-10,12H,4-7H2,1-3H3. The van der Waals surface area contributed by atoms with Gasteiger partial charge in [-0.1, -0.05) is 0 Å². The van der Waals surface area contributed by atoms with E-state index >= 15 is 0 Å². The van der Waals surface area contributed by atoms with Crippen LogP contribution < -0.4 is 5.32 Å². The summed E-state index contributed by atoms with van der Waals surface area (Å²) in [4.78, 5) is 11.3. The van der Waals surface area contributed by atoms with Crippen molar-refractivity contribution in [3.8, 4) is 0 Å². The van der Waals surface area contributed by atoms with E-state index in [1.807, 2.05) is 13.8 Å². The van der Waals surface area contributed by atoms with Gasteiger partial charge in [0.25, 0.3) is 0 Å². The molecule has 4 nitrogen and oxygen atoms in total. The van der Waals surface area contributed by atoms with Crippen LogP contribution in [0.15, 0.2) is 0 Å². The van der Waals surface area contributed by atoms with E-state index in [4.69, 9.17) is 9.47 Å². The van der Waals surface area contributed by atoms with Crippen LogP contribution >= 0.6 is 0 Å². The van der Waals surface area contributed by atoms with E-state index in [-0.39, 0.29) is 18.2 Å². The van der Waals surface area contributed by atoms with Gasteiger partial charge in [0.1, 0.15) is 0 Å². The molecule has 0 aliphatic carbocycles. The van der Waals surface area contributed by atoms with Crippen LogP contribution in [0.25, 0.3) is 0 Å². The SMILES string of the molecule is CC(C)OC(=O)CNC1CCOC(C)C1. The quantitative estimate of drug-likeness (QED) is 0.713. The lowest BCUT2D eigenvalue weighted by Gasteiger charge is -2.27. The van der Waals surface area contributed by atoms with Crippen molar-refractivity contribution in [3.05, 3.63) is 0 Å². The molecule has 0 aromatic rings. The summed E-state index contributed by atoms with van der Waals surface area (Å²) in [5.74, 6) is -0.177. The van der Waals surface area contributed by atoms with Gasteiger partial charge in [-0.25, -0.2) is 0 Å². The zero-order chi connectivity index (χ0) is 11.3. The predicted molar refractivity (Wildman–Crippen MR) is 57.7 cm³/mol. The number of hydrogen-bond acceptors (Lipinski definition) is 4. The first-order valence-corrected chi connectivity index (χ1v) is 5.62. The van der Waals surface area contributed by atoms with Crippen molar-refractivity contribution >= 4 is 5.97 Å². The van der Waals surface area contributed by atoms with Crippen LogP contribution in [0, 0.1) is 0 Å². The molecule has 0 bridgehead atoms.